The monoisotopic (exact) mass is 189 g/mol. The van der Waals surface area contributed by atoms with Crippen molar-refractivity contribution in [2.45, 2.75) is 19.8 Å². The normalized spacial score (nSPS) is 17.8. The smallest absolute Gasteiger partial charge is 0.307 e. The molecule has 1 atom stereocenters. The molecule has 0 spiro atoms. The first-order valence-electron chi connectivity index (χ1n) is 4.87. The Labute approximate surface area is 83.6 Å². The van der Waals surface area contributed by atoms with Crippen LogP contribution < -0.4 is 0 Å². The molecule has 1 aliphatic rings. The zero-order chi connectivity index (χ0) is 10.1. The van der Waals surface area contributed by atoms with Gasteiger partial charge in [-0.05, 0) is 24.0 Å². The average molecular weight is 189 g/mol. The van der Waals surface area contributed by atoms with Crippen LogP contribution in [0.3, 0.4) is 0 Å². The summed E-state index contributed by atoms with van der Waals surface area (Å²) >= 11 is 0. The van der Waals surface area contributed by atoms with Gasteiger partial charge in [-0.3, -0.25) is 4.79 Å². The first-order chi connectivity index (χ1) is 6.70. The minimum Gasteiger partial charge on any atom is -0.481 e. The van der Waals surface area contributed by atoms with E-state index in [0.717, 1.165) is 24.3 Å². The van der Waals surface area contributed by atoms with Crippen molar-refractivity contribution in [3.63, 3.8) is 0 Å². The predicted octanol–water partition coefficient (Wildman–Crippen LogP) is 2.28. The van der Waals surface area contributed by atoms with E-state index in [1.54, 1.807) is 6.92 Å². The van der Waals surface area contributed by atoms with Crippen LogP contribution in [0.15, 0.2) is 24.3 Å². The summed E-state index contributed by atoms with van der Waals surface area (Å²) in [6.07, 6.45) is 1.88. The van der Waals surface area contributed by atoms with Gasteiger partial charge in [0.05, 0.1) is 5.92 Å². The second-order valence-electron chi connectivity index (χ2n) is 3.74. The number of carboxylic acid groups (broad SMARTS) is 1. The molecule has 1 aromatic rings. The van der Waals surface area contributed by atoms with Crippen molar-refractivity contribution >= 4 is 5.97 Å². The summed E-state index contributed by atoms with van der Waals surface area (Å²) in [6.45, 7) is 1.76. The van der Waals surface area contributed by atoms with Gasteiger partial charge in [0, 0.05) is 5.92 Å². The second kappa shape index (κ2) is 3.45. The quantitative estimate of drug-likeness (QED) is 0.774. The highest BCUT2D eigenvalue weighted by atomic mass is 16.4. The van der Waals surface area contributed by atoms with Crippen molar-refractivity contribution in [1.29, 1.82) is 0 Å². The van der Waals surface area contributed by atoms with E-state index in [1.165, 1.54) is 5.56 Å². The topological polar surface area (TPSA) is 37.3 Å². The Hall–Kier alpha value is -1.31. The van der Waals surface area contributed by atoms with E-state index in [-0.39, 0.29) is 5.92 Å². The Bertz CT molecular complexity index is 357. The summed E-state index contributed by atoms with van der Waals surface area (Å²) < 4.78 is 0. The summed E-state index contributed by atoms with van der Waals surface area (Å²) in [5.41, 5.74) is 2.44. The van der Waals surface area contributed by atoms with Gasteiger partial charge >= 0.3 is 5.97 Å². The molecule has 1 aliphatic carbocycles. The van der Waals surface area contributed by atoms with E-state index in [1.807, 2.05) is 18.2 Å². The SMILES string of the molecule is CC([C]1CCc2ccccc21)C(=O)O. The van der Waals surface area contributed by atoms with Gasteiger partial charge in [-0.25, -0.2) is 0 Å². The van der Waals surface area contributed by atoms with E-state index in [2.05, 4.69) is 6.07 Å². The third-order valence-corrected chi connectivity index (χ3v) is 2.92. The molecule has 2 heteroatoms. The van der Waals surface area contributed by atoms with E-state index in [9.17, 15) is 4.79 Å². The van der Waals surface area contributed by atoms with Crippen LogP contribution in [0.1, 0.15) is 24.5 Å². The lowest BCUT2D eigenvalue weighted by Crippen LogP contribution is -2.17. The van der Waals surface area contributed by atoms with Crippen LogP contribution in [-0.4, -0.2) is 11.1 Å². The molecule has 1 N–H and O–H groups in total. The highest BCUT2D eigenvalue weighted by Crippen LogP contribution is 2.37. The van der Waals surface area contributed by atoms with Crippen LogP contribution >= 0.6 is 0 Å². The lowest BCUT2D eigenvalue weighted by molar-refractivity contribution is -0.140. The van der Waals surface area contributed by atoms with Gasteiger partial charge in [0.1, 0.15) is 0 Å². The van der Waals surface area contributed by atoms with Gasteiger partial charge in [0.25, 0.3) is 0 Å². The number of benzene rings is 1. The molecule has 1 radical (unpaired) electrons. The minimum absolute atomic E-state index is 0.348. The van der Waals surface area contributed by atoms with E-state index < -0.39 is 5.97 Å². The summed E-state index contributed by atoms with van der Waals surface area (Å²) in [5, 5.41) is 8.95. The van der Waals surface area contributed by atoms with Gasteiger partial charge < -0.3 is 5.11 Å². The van der Waals surface area contributed by atoms with Crippen LogP contribution in [0.2, 0.25) is 0 Å². The fourth-order valence-corrected chi connectivity index (χ4v) is 2.05. The maximum absolute atomic E-state index is 10.9. The van der Waals surface area contributed by atoms with Crippen LogP contribution in [0.5, 0.6) is 0 Å². The first-order valence-corrected chi connectivity index (χ1v) is 4.87. The van der Waals surface area contributed by atoms with Gasteiger partial charge in [-0.15, -0.1) is 0 Å². The lowest BCUT2D eigenvalue weighted by Gasteiger charge is -2.14. The molecule has 1 unspecified atom stereocenters. The third-order valence-electron chi connectivity index (χ3n) is 2.92. The molecule has 2 rings (SSSR count). The van der Waals surface area contributed by atoms with Gasteiger partial charge in [-0.2, -0.15) is 0 Å². The summed E-state index contributed by atoms with van der Waals surface area (Å²) in [4.78, 5) is 10.9. The number of hydrogen-bond donors (Lipinski definition) is 1. The Morgan fingerprint density at radius 2 is 2.07 bits per heavy atom. The number of hydrogen-bond acceptors (Lipinski definition) is 1. The zero-order valence-electron chi connectivity index (χ0n) is 8.16. The number of fused-ring (bicyclic) bond motifs is 1. The molecule has 0 aliphatic heterocycles. The third kappa shape index (κ3) is 1.41. The molecular formula is C12H13O2. The van der Waals surface area contributed by atoms with E-state index >= 15 is 0 Å². The van der Waals surface area contributed by atoms with Crippen molar-refractivity contribution < 1.29 is 9.90 Å². The van der Waals surface area contributed by atoms with Crippen LogP contribution in [0, 0.1) is 11.8 Å². The van der Waals surface area contributed by atoms with Crippen LogP contribution in [-0.2, 0) is 11.2 Å². The van der Waals surface area contributed by atoms with Crippen molar-refractivity contribution in [1.82, 2.24) is 0 Å². The highest BCUT2D eigenvalue weighted by molar-refractivity contribution is 5.74. The largest absolute Gasteiger partial charge is 0.481 e. The highest BCUT2D eigenvalue weighted by Gasteiger charge is 2.31. The molecule has 0 aromatic heterocycles. The zero-order valence-corrected chi connectivity index (χ0v) is 8.16. The van der Waals surface area contributed by atoms with Crippen molar-refractivity contribution in [2.24, 2.45) is 5.92 Å². The fourth-order valence-electron chi connectivity index (χ4n) is 2.05. The Balaban J connectivity index is 2.30. The van der Waals surface area contributed by atoms with E-state index in [4.69, 9.17) is 5.11 Å². The molecule has 0 fully saturated rings. The standard InChI is InChI=1S/C12H13O2/c1-8(12(13)14)10-7-6-9-4-2-3-5-11(9)10/h2-5,8H,6-7H2,1H3,(H,13,14). The fraction of sp³-hybridized carbons (Fsp3) is 0.333. The summed E-state index contributed by atoms with van der Waals surface area (Å²) in [7, 11) is 0. The second-order valence-corrected chi connectivity index (χ2v) is 3.74. The molecule has 14 heavy (non-hydrogen) atoms. The molecule has 0 bridgehead atoms. The van der Waals surface area contributed by atoms with Gasteiger partial charge in [-0.1, -0.05) is 31.2 Å². The number of carbonyl (C=O) groups is 1. The maximum Gasteiger partial charge on any atom is 0.307 e. The molecule has 0 amide bonds. The molecule has 0 heterocycles. The summed E-state index contributed by atoms with van der Waals surface area (Å²) in [6, 6.07) is 8.08. The number of aryl methyl sites for hydroxylation is 1. The maximum atomic E-state index is 10.9. The van der Waals surface area contributed by atoms with E-state index in [0.29, 0.717) is 0 Å². The first kappa shape index (κ1) is 9.25. The number of rotatable bonds is 2. The predicted molar refractivity (Wildman–Crippen MR) is 53.9 cm³/mol. The van der Waals surface area contributed by atoms with Crippen molar-refractivity contribution in [2.75, 3.05) is 0 Å². The molecular weight excluding hydrogens is 176 g/mol. The molecule has 1 aromatic carbocycles. The molecule has 2 nitrogen and oxygen atoms in total. The van der Waals surface area contributed by atoms with Gasteiger partial charge in [0.15, 0.2) is 0 Å². The lowest BCUT2D eigenvalue weighted by atomic mass is 9.89. The Kier molecular flexibility index (Phi) is 2.28. The van der Waals surface area contributed by atoms with Crippen LogP contribution in [0.25, 0.3) is 0 Å². The number of carboxylic acids is 1. The van der Waals surface area contributed by atoms with Crippen LogP contribution in [0.4, 0.5) is 0 Å². The van der Waals surface area contributed by atoms with Gasteiger partial charge in [0.2, 0.25) is 0 Å². The molecule has 0 saturated carbocycles. The minimum atomic E-state index is -0.725. The summed E-state index contributed by atoms with van der Waals surface area (Å²) in [5.74, 6) is 0.00320. The van der Waals surface area contributed by atoms with Crippen molar-refractivity contribution in [3.05, 3.63) is 41.3 Å². The van der Waals surface area contributed by atoms with Crippen molar-refractivity contribution in [3.8, 4) is 0 Å². The molecule has 0 saturated heterocycles. The average Bonchev–Trinajstić information content (AvgIpc) is 2.60. The molecule has 73 valence electrons. The Morgan fingerprint density at radius 3 is 2.79 bits per heavy atom. The number of aliphatic carboxylic acids is 1. The Morgan fingerprint density at radius 1 is 1.36 bits per heavy atom.